The van der Waals surface area contributed by atoms with Crippen LogP contribution in [0.3, 0.4) is 0 Å². The number of aryl methyl sites for hydroxylation is 1. The second kappa shape index (κ2) is 2.75. The lowest BCUT2D eigenvalue weighted by Crippen LogP contribution is -2.39. The molecule has 0 amide bonds. The highest BCUT2D eigenvalue weighted by Crippen LogP contribution is 2.02. The van der Waals surface area contributed by atoms with Gasteiger partial charge in [0.1, 0.15) is 12.7 Å². The van der Waals surface area contributed by atoms with Gasteiger partial charge in [0.25, 0.3) is 0 Å². The predicted octanol–water partition coefficient (Wildman–Crippen LogP) is 0.345. The first-order valence-electron chi connectivity index (χ1n) is 3.26. The Kier molecular flexibility index (Phi) is 1.96. The molecule has 0 saturated carbocycles. The Labute approximate surface area is 64.8 Å². The van der Waals surface area contributed by atoms with Crippen molar-refractivity contribution in [3.8, 4) is 0 Å². The first-order chi connectivity index (χ1) is 5.13. The number of rotatable bonds is 1. The standard InChI is InChI=1S/C7H11N2O2/c1-6-4-3-5-7(8(2)10)9(6)11/h3-5,10-11H,1-2H3/q+1. The normalized spacial score (nSPS) is 9.73. The van der Waals surface area contributed by atoms with Crippen molar-refractivity contribution in [3.05, 3.63) is 23.9 Å². The Balaban J connectivity index is 3.17. The lowest BCUT2D eigenvalue weighted by atomic mass is 10.4. The molecule has 11 heavy (non-hydrogen) atoms. The highest BCUT2D eigenvalue weighted by atomic mass is 16.5. The minimum atomic E-state index is 0.338. The zero-order chi connectivity index (χ0) is 8.43. The largest absolute Gasteiger partial charge is 0.349 e. The van der Waals surface area contributed by atoms with Crippen LogP contribution in [0, 0.1) is 6.92 Å². The van der Waals surface area contributed by atoms with Crippen LogP contribution in [0.4, 0.5) is 5.82 Å². The minimum absolute atomic E-state index is 0.338. The van der Waals surface area contributed by atoms with E-state index in [4.69, 9.17) is 5.21 Å². The van der Waals surface area contributed by atoms with Crippen molar-refractivity contribution in [3.63, 3.8) is 0 Å². The van der Waals surface area contributed by atoms with Gasteiger partial charge in [0.2, 0.25) is 0 Å². The zero-order valence-electron chi connectivity index (χ0n) is 6.52. The molecule has 0 aliphatic carbocycles. The fourth-order valence-corrected chi connectivity index (χ4v) is 0.840. The summed E-state index contributed by atoms with van der Waals surface area (Å²) in [4.78, 5) is 0. The molecule has 0 aliphatic heterocycles. The van der Waals surface area contributed by atoms with Gasteiger partial charge in [-0.05, 0) is 16.9 Å². The maximum atomic E-state index is 9.28. The Bertz CT molecular complexity index is 261. The molecule has 0 aliphatic rings. The number of pyridine rings is 1. The first-order valence-corrected chi connectivity index (χ1v) is 3.26. The van der Waals surface area contributed by atoms with E-state index in [-0.39, 0.29) is 0 Å². The fraction of sp³-hybridized carbons (Fsp3) is 0.286. The summed E-state index contributed by atoms with van der Waals surface area (Å²) in [5.74, 6) is 0.338. The third-order valence-electron chi connectivity index (χ3n) is 1.47. The molecule has 0 aromatic carbocycles. The second-order valence-corrected chi connectivity index (χ2v) is 2.36. The van der Waals surface area contributed by atoms with Gasteiger partial charge in [0, 0.05) is 13.0 Å². The summed E-state index contributed by atoms with van der Waals surface area (Å²) in [6, 6.07) is 5.10. The first kappa shape index (κ1) is 7.81. The molecule has 1 rings (SSSR count). The van der Waals surface area contributed by atoms with E-state index >= 15 is 0 Å². The third-order valence-corrected chi connectivity index (χ3v) is 1.47. The molecule has 4 nitrogen and oxygen atoms in total. The lowest BCUT2D eigenvalue weighted by molar-refractivity contribution is -0.899. The zero-order valence-corrected chi connectivity index (χ0v) is 6.52. The van der Waals surface area contributed by atoms with E-state index in [0.29, 0.717) is 11.5 Å². The number of nitrogens with zero attached hydrogens (tertiary/aromatic N) is 2. The van der Waals surface area contributed by atoms with Gasteiger partial charge in [-0.15, -0.1) is 5.06 Å². The Hall–Kier alpha value is -1.29. The van der Waals surface area contributed by atoms with Crippen LogP contribution in [0.2, 0.25) is 0 Å². The van der Waals surface area contributed by atoms with E-state index in [9.17, 15) is 5.21 Å². The molecule has 0 saturated heterocycles. The summed E-state index contributed by atoms with van der Waals surface area (Å²) in [6.45, 7) is 1.74. The maximum Gasteiger partial charge on any atom is 0.345 e. The summed E-state index contributed by atoms with van der Waals surface area (Å²) in [6.07, 6.45) is 0. The quantitative estimate of drug-likeness (QED) is 0.349. The average molecular weight is 155 g/mol. The van der Waals surface area contributed by atoms with E-state index in [1.165, 1.54) is 7.05 Å². The van der Waals surface area contributed by atoms with E-state index in [1.54, 1.807) is 25.1 Å². The van der Waals surface area contributed by atoms with Crippen molar-refractivity contribution >= 4 is 5.82 Å². The number of hydroxylamine groups is 1. The summed E-state index contributed by atoms with van der Waals surface area (Å²) in [7, 11) is 1.45. The fourth-order valence-electron chi connectivity index (χ4n) is 0.840. The van der Waals surface area contributed by atoms with Crippen LogP contribution in [0.15, 0.2) is 18.2 Å². The number of aromatic nitrogens is 1. The summed E-state index contributed by atoms with van der Waals surface area (Å²) in [5.41, 5.74) is 0.670. The molecule has 1 aromatic rings. The third kappa shape index (κ3) is 1.40. The van der Waals surface area contributed by atoms with Gasteiger partial charge in [-0.3, -0.25) is 0 Å². The SMILES string of the molecule is Cc1cccc(N(C)O)[n+]1O. The van der Waals surface area contributed by atoms with Crippen molar-refractivity contribution in [2.75, 3.05) is 12.1 Å². The molecular weight excluding hydrogens is 144 g/mol. The van der Waals surface area contributed by atoms with Gasteiger partial charge in [-0.1, -0.05) is 0 Å². The molecule has 2 N–H and O–H groups in total. The summed E-state index contributed by atoms with van der Waals surface area (Å²) in [5, 5.41) is 19.1. The van der Waals surface area contributed by atoms with Gasteiger partial charge in [0.05, 0.1) is 0 Å². The molecule has 1 heterocycles. The molecule has 0 spiro atoms. The van der Waals surface area contributed by atoms with Crippen LogP contribution in [0.25, 0.3) is 0 Å². The van der Waals surface area contributed by atoms with Crippen LogP contribution in [-0.2, 0) is 0 Å². The summed E-state index contributed by atoms with van der Waals surface area (Å²) >= 11 is 0. The Morgan fingerprint density at radius 2 is 2.09 bits per heavy atom. The Morgan fingerprint density at radius 3 is 2.55 bits per heavy atom. The molecule has 0 unspecified atom stereocenters. The molecule has 0 fully saturated rings. The van der Waals surface area contributed by atoms with E-state index in [0.717, 1.165) is 9.79 Å². The molecule has 1 aromatic heterocycles. The van der Waals surface area contributed by atoms with E-state index in [2.05, 4.69) is 0 Å². The van der Waals surface area contributed by atoms with Crippen molar-refractivity contribution in [2.45, 2.75) is 6.92 Å². The second-order valence-electron chi connectivity index (χ2n) is 2.36. The number of anilines is 1. The number of hydrogen-bond acceptors (Lipinski definition) is 3. The monoisotopic (exact) mass is 155 g/mol. The predicted molar refractivity (Wildman–Crippen MR) is 38.7 cm³/mol. The van der Waals surface area contributed by atoms with E-state index < -0.39 is 0 Å². The maximum absolute atomic E-state index is 9.28. The summed E-state index contributed by atoms with van der Waals surface area (Å²) < 4.78 is 0.917. The van der Waals surface area contributed by atoms with Crippen LogP contribution in [-0.4, -0.2) is 17.5 Å². The van der Waals surface area contributed by atoms with Crippen LogP contribution in [0.1, 0.15) is 5.69 Å². The van der Waals surface area contributed by atoms with Crippen LogP contribution < -0.4 is 9.79 Å². The van der Waals surface area contributed by atoms with Gasteiger partial charge in [-0.2, -0.15) is 0 Å². The van der Waals surface area contributed by atoms with Crippen LogP contribution in [0.5, 0.6) is 0 Å². The molecule has 60 valence electrons. The van der Waals surface area contributed by atoms with Gasteiger partial charge in [-0.25, -0.2) is 5.21 Å². The lowest BCUT2D eigenvalue weighted by Gasteiger charge is -2.03. The van der Waals surface area contributed by atoms with Gasteiger partial charge >= 0.3 is 5.82 Å². The van der Waals surface area contributed by atoms with Gasteiger partial charge in [0.15, 0.2) is 0 Å². The molecular formula is C7H11N2O2+. The van der Waals surface area contributed by atoms with Gasteiger partial charge < -0.3 is 5.21 Å². The van der Waals surface area contributed by atoms with Crippen molar-refractivity contribution in [2.24, 2.45) is 0 Å². The van der Waals surface area contributed by atoms with Crippen LogP contribution >= 0.6 is 0 Å². The van der Waals surface area contributed by atoms with Crippen molar-refractivity contribution in [1.82, 2.24) is 0 Å². The highest BCUT2D eigenvalue weighted by Gasteiger charge is 2.13. The molecule has 0 bridgehead atoms. The molecule has 0 radical (unpaired) electrons. The molecule has 4 heteroatoms. The minimum Gasteiger partial charge on any atom is -0.349 e. The van der Waals surface area contributed by atoms with E-state index in [1.807, 2.05) is 0 Å². The van der Waals surface area contributed by atoms with Crippen molar-refractivity contribution < 1.29 is 15.1 Å². The topological polar surface area (TPSA) is 47.6 Å². The van der Waals surface area contributed by atoms with Crippen molar-refractivity contribution in [1.29, 1.82) is 0 Å². The smallest absolute Gasteiger partial charge is 0.345 e. The average Bonchev–Trinajstić information content (AvgIpc) is 1.94. The number of hydrogen-bond donors (Lipinski definition) is 2. The highest BCUT2D eigenvalue weighted by molar-refractivity contribution is 5.27. The molecule has 0 atom stereocenters. The Morgan fingerprint density at radius 1 is 1.45 bits per heavy atom.